The van der Waals surface area contributed by atoms with E-state index in [1.807, 2.05) is 13.8 Å². The second-order valence-electron chi connectivity index (χ2n) is 9.93. The average Bonchev–Trinajstić information content (AvgIpc) is 2.71. The maximum absolute atomic E-state index is 12.6. The van der Waals surface area contributed by atoms with Gasteiger partial charge in [0.05, 0.1) is 12.3 Å². The zero-order valence-corrected chi connectivity index (χ0v) is 20.0. The smallest absolute Gasteiger partial charge is 0.309 e. The van der Waals surface area contributed by atoms with Crippen LogP contribution in [0.2, 0.25) is 0 Å². The molecule has 1 fully saturated rings. The Balaban J connectivity index is 1.72. The molecule has 0 aromatic carbocycles. The Morgan fingerprint density at radius 2 is 1.94 bits per heavy atom. The second-order valence-corrected chi connectivity index (χ2v) is 9.93. The molecule has 0 unspecified atom stereocenters. The van der Waals surface area contributed by atoms with E-state index in [2.05, 4.69) is 32.1 Å². The molecule has 0 radical (unpaired) electrons. The van der Waals surface area contributed by atoms with Crippen LogP contribution in [0, 0.1) is 29.6 Å². The lowest BCUT2D eigenvalue weighted by Crippen LogP contribution is -2.42. The highest BCUT2D eigenvalue weighted by molar-refractivity contribution is 5.73. The number of ether oxygens (including phenoxy) is 3. The van der Waals surface area contributed by atoms with Gasteiger partial charge >= 0.3 is 17.9 Å². The SMILES string of the molecule is CC[C@H](C)C(=O)O[C@H]1C[C@@H](C)C=C2C=C[C@H](C)[C@H](CC[C@@H]3C[C@@H](OC(C)=O)CC(=O)O3)[C@H]21. The number of carbonyl (C=O) groups is 3. The van der Waals surface area contributed by atoms with Crippen molar-refractivity contribution in [1.82, 2.24) is 0 Å². The number of esters is 3. The Labute approximate surface area is 191 Å². The molecule has 0 bridgehead atoms. The summed E-state index contributed by atoms with van der Waals surface area (Å²) < 4.78 is 16.9. The summed E-state index contributed by atoms with van der Waals surface area (Å²) in [5, 5.41) is 0. The first-order valence-electron chi connectivity index (χ1n) is 12.1. The second kappa shape index (κ2) is 10.7. The van der Waals surface area contributed by atoms with Crippen LogP contribution in [0.5, 0.6) is 0 Å². The van der Waals surface area contributed by atoms with Gasteiger partial charge in [0.2, 0.25) is 0 Å². The zero-order chi connectivity index (χ0) is 23.4. The Morgan fingerprint density at radius 1 is 1.19 bits per heavy atom. The van der Waals surface area contributed by atoms with E-state index in [-0.39, 0.29) is 48.4 Å². The van der Waals surface area contributed by atoms with Crippen LogP contribution in [0.1, 0.15) is 73.1 Å². The quantitative estimate of drug-likeness (QED) is 0.414. The molecule has 1 heterocycles. The molecule has 0 spiro atoms. The van der Waals surface area contributed by atoms with Crippen LogP contribution >= 0.6 is 0 Å². The molecule has 0 aromatic rings. The van der Waals surface area contributed by atoms with Gasteiger partial charge in [-0.2, -0.15) is 0 Å². The van der Waals surface area contributed by atoms with E-state index in [1.165, 1.54) is 12.5 Å². The molecule has 8 atom stereocenters. The van der Waals surface area contributed by atoms with E-state index in [1.54, 1.807) is 0 Å². The number of rotatable bonds is 7. The molecule has 1 aliphatic heterocycles. The molecule has 6 heteroatoms. The van der Waals surface area contributed by atoms with Gasteiger partial charge in [0.15, 0.2) is 0 Å². The summed E-state index contributed by atoms with van der Waals surface area (Å²) in [7, 11) is 0. The maximum Gasteiger partial charge on any atom is 0.309 e. The minimum atomic E-state index is -0.405. The van der Waals surface area contributed by atoms with Gasteiger partial charge in [-0.1, -0.05) is 45.9 Å². The van der Waals surface area contributed by atoms with Crippen molar-refractivity contribution in [2.24, 2.45) is 29.6 Å². The largest absolute Gasteiger partial charge is 0.462 e. The molecule has 2 aliphatic carbocycles. The Hall–Kier alpha value is -2.11. The Kier molecular flexibility index (Phi) is 8.18. The molecule has 3 aliphatic rings. The van der Waals surface area contributed by atoms with E-state index < -0.39 is 6.10 Å². The highest BCUT2D eigenvalue weighted by Crippen LogP contribution is 2.45. The number of hydrogen-bond donors (Lipinski definition) is 0. The lowest BCUT2D eigenvalue weighted by molar-refractivity contribution is -0.169. The summed E-state index contributed by atoms with van der Waals surface area (Å²) in [4.78, 5) is 36.0. The molecule has 0 N–H and O–H groups in total. The van der Waals surface area contributed by atoms with Gasteiger partial charge in [-0.15, -0.1) is 0 Å². The molecule has 1 saturated heterocycles. The van der Waals surface area contributed by atoms with Gasteiger partial charge in [-0.3, -0.25) is 14.4 Å². The van der Waals surface area contributed by atoms with Crippen molar-refractivity contribution < 1.29 is 28.6 Å². The first-order valence-corrected chi connectivity index (χ1v) is 12.1. The van der Waals surface area contributed by atoms with Crippen molar-refractivity contribution >= 4 is 17.9 Å². The fourth-order valence-electron chi connectivity index (χ4n) is 5.38. The van der Waals surface area contributed by atoms with E-state index >= 15 is 0 Å². The predicted octanol–water partition coefficient (Wildman–Crippen LogP) is 4.77. The summed E-state index contributed by atoms with van der Waals surface area (Å²) in [6.45, 7) is 9.67. The molecule has 32 heavy (non-hydrogen) atoms. The van der Waals surface area contributed by atoms with Gasteiger partial charge < -0.3 is 14.2 Å². The van der Waals surface area contributed by atoms with E-state index in [4.69, 9.17) is 14.2 Å². The third kappa shape index (κ3) is 6.02. The number of fused-ring (bicyclic) bond motifs is 1. The normalized spacial score (nSPS) is 35.2. The van der Waals surface area contributed by atoms with Crippen LogP contribution in [-0.2, 0) is 28.6 Å². The van der Waals surface area contributed by atoms with Crippen LogP contribution in [0.25, 0.3) is 0 Å². The zero-order valence-electron chi connectivity index (χ0n) is 20.0. The van der Waals surface area contributed by atoms with Gasteiger partial charge in [0, 0.05) is 19.3 Å². The molecule has 178 valence electrons. The van der Waals surface area contributed by atoms with Crippen molar-refractivity contribution in [1.29, 1.82) is 0 Å². The van der Waals surface area contributed by atoms with Crippen LogP contribution in [0.4, 0.5) is 0 Å². The first kappa shape index (κ1) is 24.5. The van der Waals surface area contributed by atoms with Crippen molar-refractivity contribution in [3.05, 3.63) is 23.8 Å². The van der Waals surface area contributed by atoms with E-state index in [0.717, 1.165) is 19.3 Å². The fourth-order valence-corrected chi connectivity index (χ4v) is 5.38. The van der Waals surface area contributed by atoms with Crippen molar-refractivity contribution in [2.75, 3.05) is 0 Å². The summed E-state index contributed by atoms with van der Waals surface area (Å²) in [6.07, 6.45) is 9.78. The summed E-state index contributed by atoms with van der Waals surface area (Å²) in [5.41, 5.74) is 1.26. The first-order chi connectivity index (χ1) is 15.2. The number of allylic oxidation sites excluding steroid dienone is 3. The topological polar surface area (TPSA) is 78.9 Å². The van der Waals surface area contributed by atoms with Crippen LogP contribution in [0.15, 0.2) is 23.8 Å². The molecule has 0 amide bonds. The molecule has 0 saturated carbocycles. The van der Waals surface area contributed by atoms with Crippen LogP contribution in [0.3, 0.4) is 0 Å². The van der Waals surface area contributed by atoms with E-state index in [0.29, 0.717) is 30.6 Å². The van der Waals surface area contributed by atoms with Crippen molar-refractivity contribution in [2.45, 2.75) is 91.5 Å². The summed E-state index contributed by atoms with van der Waals surface area (Å²) in [6, 6.07) is 0. The maximum atomic E-state index is 12.6. The number of cyclic esters (lactones) is 1. The molecular weight excluding hydrogens is 408 g/mol. The minimum absolute atomic E-state index is 0.102. The Morgan fingerprint density at radius 3 is 2.62 bits per heavy atom. The molecular formula is C26H38O6. The predicted molar refractivity (Wildman–Crippen MR) is 120 cm³/mol. The number of carbonyl (C=O) groups excluding carboxylic acids is 3. The lowest BCUT2D eigenvalue weighted by Gasteiger charge is -2.43. The molecule has 0 aromatic heterocycles. The number of hydrogen-bond acceptors (Lipinski definition) is 6. The lowest BCUT2D eigenvalue weighted by atomic mass is 9.65. The highest BCUT2D eigenvalue weighted by atomic mass is 16.6. The summed E-state index contributed by atoms with van der Waals surface area (Å²) >= 11 is 0. The standard InChI is InChI=1S/C26H38O6/c1-6-16(3)26(29)32-23-12-15(2)11-19-8-7-17(4)22(25(19)23)10-9-20-13-21(30-18(5)27)14-24(28)31-20/h7-8,11,15-17,20-23,25H,6,9-10,12-14H2,1-5H3/t15-,16-,17-,20+,21+,22-,23-,25-/m0/s1. The Bertz CT molecular complexity index is 766. The van der Waals surface area contributed by atoms with Gasteiger partial charge in [-0.05, 0) is 49.0 Å². The third-order valence-electron chi connectivity index (χ3n) is 7.25. The molecule has 6 nitrogen and oxygen atoms in total. The highest BCUT2D eigenvalue weighted by Gasteiger charge is 2.42. The minimum Gasteiger partial charge on any atom is -0.462 e. The average molecular weight is 447 g/mol. The fraction of sp³-hybridized carbons (Fsp3) is 0.731. The molecule has 3 rings (SSSR count). The van der Waals surface area contributed by atoms with Crippen molar-refractivity contribution in [3.63, 3.8) is 0 Å². The van der Waals surface area contributed by atoms with Crippen LogP contribution < -0.4 is 0 Å². The summed E-state index contributed by atoms with van der Waals surface area (Å²) in [5.74, 6) is 0.247. The van der Waals surface area contributed by atoms with E-state index in [9.17, 15) is 14.4 Å². The van der Waals surface area contributed by atoms with Gasteiger partial charge in [0.1, 0.15) is 18.3 Å². The van der Waals surface area contributed by atoms with Crippen LogP contribution in [-0.4, -0.2) is 36.2 Å². The van der Waals surface area contributed by atoms with Gasteiger partial charge in [-0.25, -0.2) is 0 Å². The monoisotopic (exact) mass is 446 g/mol. The van der Waals surface area contributed by atoms with Gasteiger partial charge in [0.25, 0.3) is 0 Å². The third-order valence-corrected chi connectivity index (χ3v) is 7.25. The van der Waals surface area contributed by atoms with Crippen molar-refractivity contribution in [3.8, 4) is 0 Å².